The lowest BCUT2D eigenvalue weighted by molar-refractivity contribution is -0.143. The SMILES string of the molecule is CCCCC(CCCC(=O)OCCS(=O)(=O)O)[Si](C)(C)OC. The average Bonchev–Trinajstić information content (AvgIpc) is 2.40. The lowest BCUT2D eigenvalue weighted by Crippen LogP contribution is -2.35. The molecule has 0 fully saturated rings. The van der Waals surface area contributed by atoms with Crippen LogP contribution in [0.25, 0.3) is 0 Å². The molecule has 0 aromatic carbocycles. The standard InChI is InChI=1S/C14H30O6SSi/c1-5-6-8-13(22(3,4)19-2)9-7-10-14(15)20-11-12-21(16,17)18/h13H,5-12H2,1-4H3,(H,16,17,18). The molecule has 0 saturated carbocycles. The Morgan fingerprint density at radius 3 is 2.32 bits per heavy atom. The number of hydrogen-bond donors (Lipinski definition) is 1. The molecule has 0 aliphatic carbocycles. The van der Waals surface area contributed by atoms with Crippen molar-refractivity contribution in [1.82, 2.24) is 0 Å². The molecule has 0 saturated heterocycles. The maximum Gasteiger partial charge on any atom is 0.305 e. The van der Waals surface area contributed by atoms with E-state index in [1.165, 1.54) is 0 Å². The molecule has 1 unspecified atom stereocenters. The van der Waals surface area contributed by atoms with Gasteiger partial charge in [0.05, 0.1) is 0 Å². The molecular weight excluding hydrogens is 324 g/mol. The number of unbranched alkanes of at least 4 members (excludes halogenated alkanes) is 1. The van der Waals surface area contributed by atoms with Crippen molar-refractivity contribution >= 4 is 24.4 Å². The van der Waals surface area contributed by atoms with Crippen LogP contribution in [-0.4, -0.2) is 46.7 Å². The summed E-state index contributed by atoms with van der Waals surface area (Å²) in [5.74, 6) is -0.976. The van der Waals surface area contributed by atoms with E-state index in [0.29, 0.717) is 12.0 Å². The van der Waals surface area contributed by atoms with Crippen molar-refractivity contribution < 1.29 is 26.9 Å². The molecule has 132 valence electrons. The number of rotatable bonds is 12. The van der Waals surface area contributed by atoms with E-state index < -0.39 is 30.2 Å². The largest absolute Gasteiger partial charge is 0.464 e. The van der Waals surface area contributed by atoms with Crippen molar-refractivity contribution in [2.45, 2.75) is 64.1 Å². The minimum Gasteiger partial charge on any atom is -0.464 e. The molecule has 22 heavy (non-hydrogen) atoms. The summed E-state index contributed by atoms with van der Waals surface area (Å²) in [6.07, 6.45) is 5.30. The van der Waals surface area contributed by atoms with E-state index in [0.717, 1.165) is 25.7 Å². The van der Waals surface area contributed by atoms with Gasteiger partial charge in [-0.1, -0.05) is 32.6 Å². The summed E-state index contributed by atoms with van der Waals surface area (Å²) >= 11 is 0. The summed E-state index contributed by atoms with van der Waals surface area (Å²) in [7, 11) is -4.05. The third kappa shape index (κ3) is 10.3. The molecule has 0 rings (SSSR count). The molecule has 0 amide bonds. The molecular formula is C14H30O6SSi. The van der Waals surface area contributed by atoms with Gasteiger partial charge in [0.15, 0.2) is 8.32 Å². The molecule has 6 nitrogen and oxygen atoms in total. The molecule has 0 aliphatic rings. The Kier molecular flexibility index (Phi) is 10.1. The van der Waals surface area contributed by atoms with Crippen molar-refractivity contribution in [3.05, 3.63) is 0 Å². The van der Waals surface area contributed by atoms with Crippen LogP contribution >= 0.6 is 0 Å². The number of hydrogen-bond acceptors (Lipinski definition) is 5. The lowest BCUT2D eigenvalue weighted by Gasteiger charge is -2.30. The number of carbonyl (C=O) groups is 1. The van der Waals surface area contributed by atoms with Crippen LogP contribution in [0.3, 0.4) is 0 Å². The molecule has 0 aromatic heterocycles. The fourth-order valence-corrected chi connectivity index (χ4v) is 4.71. The average molecular weight is 355 g/mol. The Morgan fingerprint density at radius 1 is 1.23 bits per heavy atom. The van der Waals surface area contributed by atoms with Gasteiger partial charge in [-0.05, 0) is 25.1 Å². The second-order valence-corrected chi connectivity index (χ2v) is 12.0. The molecule has 0 spiro atoms. The Morgan fingerprint density at radius 2 is 1.82 bits per heavy atom. The van der Waals surface area contributed by atoms with Gasteiger partial charge in [0.25, 0.3) is 10.1 Å². The molecule has 0 aromatic rings. The third-order valence-corrected chi connectivity index (χ3v) is 8.23. The zero-order valence-electron chi connectivity index (χ0n) is 14.1. The Balaban J connectivity index is 4.13. The summed E-state index contributed by atoms with van der Waals surface area (Å²) in [5.41, 5.74) is 0.503. The van der Waals surface area contributed by atoms with Crippen LogP contribution < -0.4 is 0 Å². The first-order valence-corrected chi connectivity index (χ1v) is 12.4. The van der Waals surface area contributed by atoms with Gasteiger partial charge in [-0.3, -0.25) is 9.35 Å². The summed E-state index contributed by atoms with van der Waals surface area (Å²) in [6, 6.07) is 0. The highest BCUT2D eigenvalue weighted by molar-refractivity contribution is 7.85. The van der Waals surface area contributed by atoms with Gasteiger partial charge in [0.1, 0.15) is 12.4 Å². The topological polar surface area (TPSA) is 89.9 Å². The van der Waals surface area contributed by atoms with E-state index in [4.69, 9.17) is 13.7 Å². The number of carbonyl (C=O) groups excluding carboxylic acids is 1. The minimum atomic E-state index is -4.07. The van der Waals surface area contributed by atoms with E-state index in [1.807, 2.05) is 0 Å². The fourth-order valence-electron chi connectivity index (χ4n) is 2.28. The van der Waals surface area contributed by atoms with Gasteiger partial charge in [-0.2, -0.15) is 8.42 Å². The minimum absolute atomic E-state index is 0.266. The van der Waals surface area contributed by atoms with Crippen LogP contribution in [0.2, 0.25) is 18.6 Å². The summed E-state index contributed by atoms with van der Waals surface area (Å²) in [4.78, 5) is 11.5. The van der Waals surface area contributed by atoms with E-state index in [9.17, 15) is 13.2 Å². The van der Waals surface area contributed by atoms with Crippen molar-refractivity contribution in [2.75, 3.05) is 19.5 Å². The molecule has 8 heteroatoms. The van der Waals surface area contributed by atoms with Crippen LogP contribution in [0.15, 0.2) is 0 Å². The normalized spacial score (nSPS) is 13.9. The Labute approximate surface area is 135 Å². The molecule has 0 radical (unpaired) electrons. The van der Waals surface area contributed by atoms with Gasteiger partial charge in [0, 0.05) is 13.5 Å². The van der Waals surface area contributed by atoms with Crippen LogP contribution in [0.1, 0.15) is 45.4 Å². The Hall–Kier alpha value is -0.443. The summed E-state index contributed by atoms with van der Waals surface area (Å²) < 4.78 is 40.1. The van der Waals surface area contributed by atoms with Gasteiger partial charge < -0.3 is 9.16 Å². The maximum absolute atomic E-state index is 11.5. The molecule has 1 atom stereocenters. The van der Waals surface area contributed by atoms with Gasteiger partial charge in [-0.15, -0.1) is 0 Å². The first-order valence-electron chi connectivity index (χ1n) is 7.78. The highest BCUT2D eigenvalue weighted by atomic mass is 32.2. The van der Waals surface area contributed by atoms with E-state index in [-0.39, 0.29) is 13.0 Å². The van der Waals surface area contributed by atoms with E-state index >= 15 is 0 Å². The maximum atomic E-state index is 11.5. The van der Waals surface area contributed by atoms with Crippen LogP contribution in [0, 0.1) is 0 Å². The zero-order valence-corrected chi connectivity index (χ0v) is 15.9. The predicted octanol–water partition coefficient (Wildman–Crippen LogP) is 3.00. The van der Waals surface area contributed by atoms with Gasteiger partial charge in [0.2, 0.25) is 0 Å². The highest BCUT2D eigenvalue weighted by Gasteiger charge is 2.31. The fraction of sp³-hybridized carbons (Fsp3) is 0.929. The molecule has 1 N–H and O–H groups in total. The van der Waals surface area contributed by atoms with E-state index in [2.05, 4.69) is 20.0 Å². The second kappa shape index (κ2) is 10.4. The van der Waals surface area contributed by atoms with E-state index in [1.54, 1.807) is 7.11 Å². The predicted molar refractivity (Wildman–Crippen MR) is 89.0 cm³/mol. The summed E-state index contributed by atoms with van der Waals surface area (Å²) in [5, 5.41) is 0. The quantitative estimate of drug-likeness (QED) is 0.329. The van der Waals surface area contributed by atoms with Crippen LogP contribution in [-0.2, 0) is 24.1 Å². The molecule has 0 heterocycles. The summed E-state index contributed by atoms with van der Waals surface area (Å²) in [6.45, 7) is 6.25. The first-order chi connectivity index (χ1) is 10.1. The monoisotopic (exact) mass is 354 g/mol. The second-order valence-electron chi connectivity index (χ2n) is 6.05. The zero-order chi connectivity index (χ0) is 17.2. The van der Waals surface area contributed by atoms with Crippen molar-refractivity contribution in [3.8, 4) is 0 Å². The lowest BCUT2D eigenvalue weighted by atomic mass is 10.1. The molecule has 0 aliphatic heterocycles. The number of ether oxygens (including phenoxy) is 1. The smallest absolute Gasteiger partial charge is 0.305 e. The first kappa shape index (κ1) is 21.6. The Bertz CT molecular complexity index is 421. The van der Waals surface area contributed by atoms with Gasteiger partial charge in [-0.25, -0.2) is 0 Å². The number of esters is 1. The van der Waals surface area contributed by atoms with Crippen LogP contribution in [0.4, 0.5) is 0 Å². The highest BCUT2D eigenvalue weighted by Crippen LogP contribution is 2.33. The van der Waals surface area contributed by atoms with Crippen molar-refractivity contribution in [1.29, 1.82) is 0 Å². The molecule has 0 bridgehead atoms. The van der Waals surface area contributed by atoms with Gasteiger partial charge >= 0.3 is 5.97 Å². The van der Waals surface area contributed by atoms with Crippen LogP contribution in [0.5, 0.6) is 0 Å². The van der Waals surface area contributed by atoms with Crippen molar-refractivity contribution in [3.63, 3.8) is 0 Å². The third-order valence-electron chi connectivity index (χ3n) is 3.95. The van der Waals surface area contributed by atoms with Crippen molar-refractivity contribution in [2.24, 2.45) is 0 Å².